The third-order valence-corrected chi connectivity index (χ3v) is 5.20. The lowest BCUT2D eigenvalue weighted by molar-refractivity contribution is -0.372. The minimum absolute atomic E-state index is 0.234. The van der Waals surface area contributed by atoms with Gasteiger partial charge in [0, 0.05) is 11.3 Å². The van der Waals surface area contributed by atoms with Crippen molar-refractivity contribution in [3.63, 3.8) is 0 Å². The summed E-state index contributed by atoms with van der Waals surface area (Å²) in [7, 11) is 0. The molecular weight excluding hydrogens is 200 g/mol. The lowest BCUT2D eigenvalue weighted by Gasteiger charge is -2.68. The Morgan fingerprint density at radius 3 is 2.56 bits per heavy atom. The van der Waals surface area contributed by atoms with Crippen LogP contribution in [-0.4, -0.2) is 19.0 Å². The lowest BCUT2D eigenvalue weighted by Crippen LogP contribution is -2.72. The monoisotopic (exact) mass is 222 g/mol. The van der Waals surface area contributed by atoms with E-state index in [9.17, 15) is 0 Å². The van der Waals surface area contributed by atoms with E-state index in [1.54, 1.807) is 0 Å². The van der Waals surface area contributed by atoms with Gasteiger partial charge in [0.25, 0.3) is 0 Å². The molecular formula is C14H22O2. The molecule has 0 bridgehead atoms. The van der Waals surface area contributed by atoms with Crippen LogP contribution in [0.1, 0.15) is 33.6 Å². The van der Waals surface area contributed by atoms with E-state index >= 15 is 0 Å². The summed E-state index contributed by atoms with van der Waals surface area (Å²) < 4.78 is 12.1. The number of rotatable bonds is 1. The van der Waals surface area contributed by atoms with Crippen molar-refractivity contribution in [2.24, 2.45) is 23.2 Å². The summed E-state index contributed by atoms with van der Waals surface area (Å²) in [6.45, 7) is 8.48. The fraction of sp³-hybridized carbons (Fsp3) is 0.857. The van der Waals surface area contributed by atoms with Gasteiger partial charge in [0.1, 0.15) is 0 Å². The van der Waals surface area contributed by atoms with Crippen molar-refractivity contribution >= 4 is 0 Å². The van der Waals surface area contributed by atoms with Gasteiger partial charge < -0.3 is 9.47 Å². The van der Waals surface area contributed by atoms with Crippen LogP contribution in [0.4, 0.5) is 0 Å². The summed E-state index contributed by atoms with van der Waals surface area (Å²) >= 11 is 0. The van der Waals surface area contributed by atoms with Crippen molar-refractivity contribution < 1.29 is 9.47 Å². The lowest BCUT2D eigenvalue weighted by atomic mass is 9.42. The average Bonchev–Trinajstić information content (AvgIpc) is 2.79. The van der Waals surface area contributed by atoms with E-state index in [0.717, 1.165) is 13.2 Å². The normalized spacial score (nSPS) is 44.8. The Labute approximate surface area is 98.0 Å². The van der Waals surface area contributed by atoms with Gasteiger partial charge in [-0.1, -0.05) is 32.9 Å². The summed E-state index contributed by atoms with van der Waals surface area (Å²) in [5, 5.41) is 0. The molecule has 1 saturated heterocycles. The fourth-order valence-electron chi connectivity index (χ4n) is 4.52. The van der Waals surface area contributed by atoms with Crippen LogP contribution in [0.3, 0.4) is 0 Å². The van der Waals surface area contributed by atoms with Gasteiger partial charge in [-0.25, -0.2) is 0 Å². The van der Waals surface area contributed by atoms with E-state index in [2.05, 4.69) is 32.9 Å². The Morgan fingerprint density at radius 2 is 1.94 bits per heavy atom. The zero-order chi connectivity index (χ0) is 11.4. The van der Waals surface area contributed by atoms with Gasteiger partial charge in [-0.05, 0) is 24.7 Å². The Balaban J connectivity index is 2.03. The highest BCUT2D eigenvalue weighted by atomic mass is 16.7. The van der Waals surface area contributed by atoms with Gasteiger partial charge in [0.2, 0.25) is 0 Å². The van der Waals surface area contributed by atoms with Crippen LogP contribution in [0.25, 0.3) is 0 Å². The second-order valence-corrected chi connectivity index (χ2v) is 5.84. The van der Waals surface area contributed by atoms with Gasteiger partial charge in [0.05, 0.1) is 13.2 Å². The molecule has 2 heteroatoms. The molecule has 1 saturated carbocycles. The maximum atomic E-state index is 6.07. The van der Waals surface area contributed by atoms with Gasteiger partial charge in [-0.2, -0.15) is 0 Å². The average molecular weight is 222 g/mol. The molecule has 3 rings (SSSR count). The second kappa shape index (κ2) is 3.33. The van der Waals surface area contributed by atoms with Crippen LogP contribution >= 0.6 is 0 Å². The largest absolute Gasteiger partial charge is 0.347 e. The molecule has 0 N–H and O–H groups in total. The molecule has 0 aromatic carbocycles. The number of hydrogen-bond donors (Lipinski definition) is 0. The molecule has 2 fully saturated rings. The number of allylic oxidation sites excluding steroid dienone is 2. The van der Waals surface area contributed by atoms with E-state index in [1.165, 1.54) is 12.8 Å². The van der Waals surface area contributed by atoms with Crippen LogP contribution < -0.4 is 0 Å². The summed E-state index contributed by atoms with van der Waals surface area (Å²) in [6, 6.07) is 0. The van der Waals surface area contributed by atoms with Crippen LogP contribution in [0.2, 0.25) is 0 Å². The SMILES string of the molecule is CC1C2C=CCCC2(C(C)C)C12OCCO2. The molecule has 3 aliphatic rings. The molecule has 1 spiro atoms. The molecule has 16 heavy (non-hydrogen) atoms. The highest BCUT2D eigenvalue weighted by Crippen LogP contribution is 2.69. The number of hydrogen-bond acceptors (Lipinski definition) is 2. The van der Waals surface area contributed by atoms with E-state index < -0.39 is 0 Å². The highest BCUT2D eigenvalue weighted by molar-refractivity contribution is 5.23. The molecule has 0 aromatic heterocycles. The maximum absolute atomic E-state index is 6.07. The zero-order valence-corrected chi connectivity index (χ0v) is 10.5. The molecule has 3 atom stereocenters. The molecule has 1 aliphatic heterocycles. The number of ether oxygens (including phenoxy) is 2. The molecule has 0 amide bonds. The minimum atomic E-state index is -0.267. The minimum Gasteiger partial charge on any atom is -0.347 e. The van der Waals surface area contributed by atoms with Gasteiger partial charge >= 0.3 is 0 Å². The van der Waals surface area contributed by atoms with Crippen molar-refractivity contribution in [1.82, 2.24) is 0 Å². The third-order valence-electron chi connectivity index (χ3n) is 5.20. The van der Waals surface area contributed by atoms with Crippen LogP contribution in [0, 0.1) is 23.2 Å². The highest BCUT2D eigenvalue weighted by Gasteiger charge is 2.73. The quantitative estimate of drug-likeness (QED) is 0.635. The Morgan fingerprint density at radius 1 is 1.25 bits per heavy atom. The van der Waals surface area contributed by atoms with Crippen molar-refractivity contribution in [2.75, 3.05) is 13.2 Å². The standard InChI is InChI=1S/C14H22O2/c1-10(2)13-7-5-4-6-12(13)11(3)14(13)15-8-9-16-14/h4,6,10-12H,5,7-9H2,1-3H3. The molecule has 2 nitrogen and oxygen atoms in total. The van der Waals surface area contributed by atoms with Gasteiger partial charge in [0.15, 0.2) is 5.79 Å². The molecule has 90 valence electrons. The Hall–Kier alpha value is -0.340. The molecule has 0 aromatic rings. The third kappa shape index (κ3) is 0.964. The van der Waals surface area contributed by atoms with Gasteiger partial charge in [-0.15, -0.1) is 0 Å². The first kappa shape index (κ1) is 10.8. The predicted octanol–water partition coefficient (Wildman–Crippen LogP) is 2.99. The van der Waals surface area contributed by atoms with Crippen molar-refractivity contribution in [3.05, 3.63) is 12.2 Å². The topological polar surface area (TPSA) is 18.5 Å². The van der Waals surface area contributed by atoms with E-state index in [1.807, 2.05) is 0 Å². The van der Waals surface area contributed by atoms with Crippen LogP contribution in [0.15, 0.2) is 12.2 Å². The first-order chi connectivity index (χ1) is 7.65. The second-order valence-electron chi connectivity index (χ2n) is 5.84. The van der Waals surface area contributed by atoms with Crippen LogP contribution in [0.5, 0.6) is 0 Å². The fourth-order valence-corrected chi connectivity index (χ4v) is 4.52. The van der Waals surface area contributed by atoms with E-state index in [-0.39, 0.29) is 11.2 Å². The summed E-state index contributed by atoms with van der Waals surface area (Å²) in [5.74, 6) is 1.52. The molecule has 1 heterocycles. The first-order valence-corrected chi connectivity index (χ1v) is 6.60. The van der Waals surface area contributed by atoms with Crippen molar-refractivity contribution in [2.45, 2.75) is 39.4 Å². The van der Waals surface area contributed by atoms with E-state index in [4.69, 9.17) is 9.47 Å². The van der Waals surface area contributed by atoms with E-state index in [0.29, 0.717) is 17.8 Å². The molecule has 3 unspecified atom stereocenters. The van der Waals surface area contributed by atoms with Gasteiger partial charge in [-0.3, -0.25) is 0 Å². The van der Waals surface area contributed by atoms with Crippen LogP contribution in [-0.2, 0) is 9.47 Å². The van der Waals surface area contributed by atoms with Crippen molar-refractivity contribution in [1.29, 1.82) is 0 Å². The first-order valence-electron chi connectivity index (χ1n) is 6.60. The molecule has 0 radical (unpaired) electrons. The zero-order valence-electron chi connectivity index (χ0n) is 10.5. The summed E-state index contributed by atoms with van der Waals surface area (Å²) in [6.07, 6.45) is 7.14. The molecule has 2 aliphatic carbocycles. The Kier molecular flexibility index (Phi) is 2.25. The Bertz CT molecular complexity index is 315. The smallest absolute Gasteiger partial charge is 0.178 e. The predicted molar refractivity (Wildman–Crippen MR) is 62.9 cm³/mol. The van der Waals surface area contributed by atoms with Crippen molar-refractivity contribution in [3.8, 4) is 0 Å². The summed E-state index contributed by atoms with van der Waals surface area (Å²) in [4.78, 5) is 0. The number of fused-ring (bicyclic) bond motifs is 2. The summed E-state index contributed by atoms with van der Waals surface area (Å²) in [5.41, 5.74) is 0.234. The maximum Gasteiger partial charge on any atom is 0.178 e.